The minimum Gasteiger partial charge on any atom is -0.378 e. The van der Waals surface area contributed by atoms with Crippen molar-refractivity contribution in [3.8, 4) is 0 Å². The minimum atomic E-state index is -0.103. The SMILES string of the molecule is Cc1ccc(CNC(=O)c2ccc3ncnc(N4CCOCC4)c3c2)cc1. The number of morpholine rings is 1. The molecular weight excluding hydrogens is 340 g/mol. The van der Waals surface area contributed by atoms with Gasteiger partial charge in [0.05, 0.1) is 18.7 Å². The van der Waals surface area contributed by atoms with E-state index in [2.05, 4.69) is 20.2 Å². The number of hydrogen-bond donors (Lipinski definition) is 1. The Kier molecular flexibility index (Phi) is 4.98. The van der Waals surface area contributed by atoms with Crippen molar-refractivity contribution in [1.29, 1.82) is 0 Å². The van der Waals surface area contributed by atoms with Gasteiger partial charge in [-0.1, -0.05) is 29.8 Å². The number of nitrogens with one attached hydrogen (secondary N) is 1. The number of carbonyl (C=O) groups is 1. The van der Waals surface area contributed by atoms with Gasteiger partial charge in [-0.3, -0.25) is 4.79 Å². The summed E-state index contributed by atoms with van der Waals surface area (Å²) in [5.74, 6) is 0.755. The van der Waals surface area contributed by atoms with E-state index in [9.17, 15) is 4.79 Å². The highest BCUT2D eigenvalue weighted by molar-refractivity contribution is 6.00. The molecule has 1 aromatic heterocycles. The molecule has 0 radical (unpaired) electrons. The maximum absolute atomic E-state index is 12.6. The van der Waals surface area contributed by atoms with Gasteiger partial charge in [-0.25, -0.2) is 9.97 Å². The van der Waals surface area contributed by atoms with Crippen LogP contribution in [0.2, 0.25) is 0 Å². The molecule has 6 nitrogen and oxygen atoms in total. The van der Waals surface area contributed by atoms with Crippen molar-refractivity contribution in [3.63, 3.8) is 0 Å². The maximum Gasteiger partial charge on any atom is 0.251 e. The Morgan fingerprint density at radius 1 is 1.11 bits per heavy atom. The molecule has 1 saturated heterocycles. The molecule has 1 aliphatic rings. The lowest BCUT2D eigenvalue weighted by atomic mass is 10.1. The number of amides is 1. The van der Waals surface area contributed by atoms with Crippen molar-refractivity contribution < 1.29 is 9.53 Å². The van der Waals surface area contributed by atoms with Crippen LogP contribution in [0.15, 0.2) is 48.8 Å². The van der Waals surface area contributed by atoms with Crippen molar-refractivity contribution in [3.05, 3.63) is 65.5 Å². The van der Waals surface area contributed by atoms with E-state index in [1.807, 2.05) is 49.4 Å². The molecule has 2 heterocycles. The van der Waals surface area contributed by atoms with Crippen LogP contribution >= 0.6 is 0 Å². The molecule has 0 atom stereocenters. The second-order valence-electron chi connectivity index (χ2n) is 6.70. The van der Waals surface area contributed by atoms with Crippen LogP contribution in [0, 0.1) is 6.92 Å². The highest BCUT2D eigenvalue weighted by atomic mass is 16.5. The standard InChI is InChI=1S/C21H22N4O2/c1-15-2-4-16(5-3-15)13-22-21(26)17-6-7-19-18(12-17)20(24-14-23-19)25-8-10-27-11-9-25/h2-7,12,14H,8-11,13H2,1H3,(H,22,26). The molecule has 1 amide bonds. The number of aromatic nitrogens is 2. The van der Waals surface area contributed by atoms with Crippen LogP contribution in [-0.4, -0.2) is 42.2 Å². The molecule has 1 aliphatic heterocycles. The summed E-state index contributed by atoms with van der Waals surface area (Å²) in [7, 11) is 0. The zero-order chi connectivity index (χ0) is 18.6. The molecule has 6 heteroatoms. The molecule has 0 aliphatic carbocycles. The normalized spacial score (nSPS) is 14.3. The second-order valence-corrected chi connectivity index (χ2v) is 6.70. The molecule has 27 heavy (non-hydrogen) atoms. The van der Waals surface area contributed by atoms with Crippen LogP contribution in [0.4, 0.5) is 5.82 Å². The van der Waals surface area contributed by atoms with Gasteiger partial charge in [0, 0.05) is 30.6 Å². The third-order valence-electron chi connectivity index (χ3n) is 4.76. The third-order valence-corrected chi connectivity index (χ3v) is 4.76. The van der Waals surface area contributed by atoms with E-state index >= 15 is 0 Å². The van der Waals surface area contributed by atoms with E-state index in [0.717, 1.165) is 35.4 Å². The van der Waals surface area contributed by atoms with Gasteiger partial charge in [-0.2, -0.15) is 0 Å². The summed E-state index contributed by atoms with van der Waals surface area (Å²) in [4.78, 5) is 23.6. The summed E-state index contributed by atoms with van der Waals surface area (Å²) < 4.78 is 5.43. The van der Waals surface area contributed by atoms with Crippen LogP contribution in [0.5, 0.6) is 0 Å². The Bertz CT molecular complexity index is 950. The Hall–Kier alpha value is -2.99. The van der Waals surface area contributed by atoms with Crippen LogP contribution < -0.4 is 10.2 Å². The quantitative estimate of drug-likeness (QED) is 0.773. The average molecular weight is 362 g/mol. The number of carbonyl (C=O) groups excluding carboxylic acids is 1. The Morgan fingerprint density at radius 3 is 2.67 bits per heavy atom. The van der Waals surface area contributed by atoms with Gasteiger partial charge < -0.3 is 15.0 Å². The first-order chi connectivity index (χ1) is 13.2. The molecule has 0 bridgehead atoms. The Morgan fingerprint density at radius 2 is 1.89 bits per heavy atom. The Balaban J connectivity index is 1.56. The molecular formula is C21H22N4O2. The van der Waals surface area contributed by atoms with E-state index in [-0.39, 0.29) is 5.91 Å². The van der Waals surface area contributed by atoms with Crippen molar-refractivity contribution in [2.75, 3.05) is 31.2 Å². The van der Waals surface area contributed by atoms with E-state index in [1.165, 1.54) is 5.56 Å². The fourth-order valence-corrected chi connectivity index (χ4v) is 3.20. The predicted octanol–water partition coefficient (Wildman–Crippen LogP) is 2.70. The number of anilines is 1. The van der Waals surface area contributed by atoms with E-state index < -0.39 is 0 Å². The fourth-order valence-electron chi connectivity index (χ4n) is 3.20. The van der Waals surface area contributed by atoms with Crippen LogP contribution in [0.25, 0.3) is 10.9 Å². The smallest absolute Gasteiger partial charge is 0.251 e. The topological polar surface area (TPSA) is 67.4 Å². The lowest BCUT2D eigenvalue weighted by Gasteiger charge is -2.28. The molecule has 0 spiro atoms. The van der Waals surface area contributed by atoms with Crippen molar-refractivity contribution in [1.82, 2.24) is 15.3 Å². The lowest BCUT2D eigenvalue weighted by Crippen LogP contribution is -2.36. The number of fused-ring (bicyclic) bond motifs is 1. The predicted molar refractivity (Wildman–Crippen MR) is 105 cm³/mol. The summed E-state index contributed by atoms with van der Waals surface area (Å²) in [5.41, 5.74) is 3.72. The summed E-state index contributed by atoms with van der Waals surface area (Å²) in [5, 5.41) is 3.88. The van der Waals surface area contributed by atoms with Gasteiger partial charge in [0.15, 0.2) is 0 Å². The van der Waals surface area contributed by atoms with Gasteiger partial charge in [0.1, 0.15) is 12.1 Å². The lowest BCUT2D eigenvalue weighted by molar-refractivity contribution is 0.0951. The van der Waals surface area contributed by atoms with E-state index in [0.29, 0.717) is 25.3 Å². The van der Waals surface area contributed by atoms with E-state index in [1.54, 1.807) is 6.33 Å². The highest BCUT2D eigenvalue weighted by Gasteiger charge is 2.17. The number of ether oxygens (including phenoxy) is 1. The number of rotatable bonds is 4. The summed E-state index contributed by atoms with van der Waals surface area (Å²) in [6.07, 6.45) is 1.57. The zero-order valence-electron chi connectivity index (χ0n) is 15.3. The number of aryl methyl sites for hydroxylation is 1. The molecule has 138 valence electrons. The van der Waals surface area contributed by atoms with Gasteiger partial charge in [-0.15, -0.1) is 0 Å². The second kappa shape index (κ2) is 7.72. The molecule has 1 fully saturated rings. The molecule has 0 saturated carbocycles. The number of hydrogen-bond acceptors (Lipinski definition) is 5. The van der Waals surface area contributed by atoms with Gasteiger partial charge in [0.2, 0.25) is 0 Å². The number of nitrogens with zero attached hydrogens (tertiary/aromatic N) is 3. The Labute approximate surface area is 158 Å². The average Bonchev–Trinajstić information content (AvgIpc) is 2.73. The monoisotopic (exact) mass is 362 g/mol. The van der Waals surface area contributed by atoms with Crippen molar-refractivity contribution in [2.24, 2.45) is 0 Å². The maximum atomic E-state index is 12.6. The fraction of sp³-hybridized carbons (Fsp3) is 0.286. The summed E-state index contributed by atoms with van der Waals surface area (Å²) in [6, 6.07) is 13.7. The summed E-state index contributed by atoms with van der Waals surface area (Å²) >= 11 is 0. The molecule has 0 unspecified atom stereocenters. The van der Waals surface area contributed by atoms with Gasteiger partial charge in [-0.05, 0) is 30.7 Å². The number of benzene rings is 2. The highest BCUT2D eigenvalue weighted by Crippen LogP contribution is 2.24. The van der Waals surface area contributed by atoms with Gasteiger partial charge in [0.25, 0.3) is 5.91 Å². The van der Waals surface area contributed by atoms with Gasteiger partial charge >= 0.3 is 0 Å². The molecule has 4 rings (SSSR count). The minimum absolute atomic E-state index is 0.103. The first-order valence-electron chi connectivity index (χ1n) is 9.12. The molecule has 1 N–H and O–H groups in total. The first-order valence-corrected chi connectivity index (χ1v) is 9.12. The van der Waals surface area contributed by atoms with Crippen molar-refractivity contribution >= 4 is 22.6 Å². The van der Waals surface area contributed by atoms with Crippen molar-refractivity contribution in [2.45, 2.75) is 13.5 Å². The van der Waals surface area contributed by atoms with Crippen LogP contribution in [0.3, 0.4) is 0 Å². The van der Waals surface area contributed by atoms with E-state index in [4.69, 9.17) is 4.74 Å². The van der Waals surface area contributed by atoms with Crippen LogP contribution in [-0.2, 0) is 11.3 Å². The zero-order valence-corrected chi connectivity index (χ0v) is 15.3. The first kappa shape index (κ1) is 17.4. The molecule has 3 aromatic rings. The van der Waals surface area contributed by atoms with Crippen LogP contribution in [0.1, 0.15) is 21.5 Å². The third kappa shape index (κ3) is 3.90. The summed E-state index contributed by atoms with van der Waals surface area (Å²) in [6.45, 7) is 5.49. The molecule has 2 aromatic carbocycles. The largest absolute Gasteiger partial charge is 0.378 e.